The van der Waals surface area contributed by atoms with Crippen molar-refractivity contribution in [1.29, 1.82) is 0 Å². The molecule has 0 amide bonds. The van der Waals surface area contributed by atoms with Crippen LogP contribution in [0, 0.1) is 0 Å². The van der Waals surface area contributed by atoms with Crippen LogP contribution in [0.15, 0.2) is 36.5 Å². The molecule has 0 aliphatic rings. The van der Waals surface area contributed by atoms with Crippen LogP contribution in [-0.2, 0) is 6.61 Å². The van der Waals surface area contributed by atoms with Gasteiger partial charge in [-0.1, -0.05) is 0 Å². The number of nitrogens with zero attached hydrogens (tertiary/aromatic N) is 1. The van der Waals surface area contributed by atoms with Crippen molar-refractivity contribution in [2.24, 2.45) is 0 Å². The zero-order chi connectivity index (χ0) is 14.8. The summed E-state index contributed by atoms with van der Waals surface area (Å²) in [5, 5.41) is 9.24. The Kier molecular flexibility index (Phi) is 3.80. The van der Waals surface area contributed by atoms with Gasteiger partial charge in [0.15, 0.2) is 0 Å². The third-order valence-corrected chi connectivity index (χ3v) is 2.52. The number of nitrogens with two attached hydrogens (primary N) is 1. The lowest BCUT2D eigenvalue weighted by atomic mass is 10.1. The molecule has 2 aromatic rings. The summed E-state index contributed by atoms with van der Waals surface area (Å²) in [4.78, 5) is 4.08. The molecule has 1 heterocycles. The van der Waals surface area contributed by atoms with Gasteiger partial charge in [-0.15, -0.1) is 13.2 Å². The first-order valence-electron chi connectivity index (χ1n) is 5.60. The normalized spacial score (nSPS) is 11.4. The van der Waals surface area contributed by atoms with E-state index >= 15 is 0 Å². The molecule has 1 aromatic heterocycles. The molecule has 0 unspecified atom stereocenters. The van der Waals surface area contributed by atoms with Crippen molar-refractivity contribution in [3.63, 3.8) is 0 Å². The van der Waals surface area contributed by atoms with Crippen molar-refractivity contribution in [1.82, 2.24) is 4.98 Å². The summed E-state index contributed by atoms with van der Waals surface area (Å²) in [5.41, 5.74) is 7.47. The van der Waals surface area contributed by atoms with Crippen molar-refractivity contribution < 1.29 is 23.0 Å². The summed E-state index contributed by atoms with van der Waals surface area (Å²) in [5.74, 6) is -0.317. The van der Waals surface area contributed by atoms with Crippen molar-refractivity contribution in [3.8, 4) is 17.0 Å². The summed E-state index contributed by atoms with van der Waals surface area (Å²) < 4.78 is 39.9. The minimum Gasteiger partial charge on any atom is -0.406 e. The highest BCUT2D eigenvalue weighted by Gasteiger charge is 2.30. The molecule has 0 saturated heterocycles. The van der Waals surface area contributed by atoms with Gasteiger partial charge in [0.2, 0.25) is 0 Å². The van der Waals surface area contributed by atoms with E-state index in [-0.39, 0.29) is 12.4 Å². The fourth-order valence-corrected chi connectivity index (χ4v) is 1.72. The molecule has 0 aliphatic carbocycles. The molecule has 0 fully saturated rings. The SMILES string of the molecule is Nc1cnc(-c2ccc(OC(F)(F)F)cc2)c(CO)c1. The number of aliphatic hydroxyl groups excluding tert-OH is 1. The smallest absolute Gasteiger partial charge is 0.406 e. The lowest BCUT2D eigenvalue weighted by Crippen LogP contribution is -2.16. The molecule has 2 rings (SSSR count). The first kappa shape index (κ1) is 14.1. The second-order valence-corrected chi connectivity index (χ2v) is 4.01. The van der Waals surface area contributed by atoms with Crippen LogP contribution < -0.4 is 10.5 Å². The van der Waals surface area contributed by atoms with Crippen molar-refractivity contribution in [2.45, 2.75) is 13.0 Å². The van der Waals surface area contributed by atoms with Crippen LogP contribution in [0.1, 0.15) is 5.56 Å². The van der Waals surface area contributed by atoms with Gasteiger partial charge in [-0.05, 0) is 30.3 Å². The Morgan fingerprint density at radius 1 is 1.20 bits per heavy atom. The second kappa shape index (κ2) is 5.38. The molecule has 106 valence electrons. The third-order valence-electron chi connectivity index (χ3n) is 2.52. The third kappa shape index (κ3) is 3.39. The van der Waals surface area contributed by atoms with Crippen LogP contribution in [0.25, 0.3) is 11.3 Å². The van der Waals surface area contributed by atoms with Gasteiger partial charge in [-0.3, -0.25) is 4.98 Å². The molecule has 0 radical (unpaired) electrons. The molecule has 3 N–H and O–H groups in total. The Bertz CT molecular complexity index is 598. The molecular formula is C13H11F3N2O2. The number of rotatable bonds is 3. The minimum atomic E-state index is -4.72. The molecule has 0 bridgehead atoms. The molecule has 7 heteroatoms. The van der Waals surface area contributed by atoms with E-state index in [0.717, 1.165) is 0 Å². The molecular weight excluding hydrogens is 273 g/mol. The number of aliphatic hydroxyl groups is 1. The van der Waals surface area contributed by atoms with E-state index in [1.807, 2.05) is 0 Å². The lowest BCUT2D eigenvalue weighted by Gasteiger charge is -2.10. The van der Waals surface area contributed by atoms with E-state index in [0.29, 0.717) is 22.5 Å². The highest BCUT2D eigenvalue weighted by Crippen LogP contribution is 2.27. The molecule has 0 aliphatic heterocycles. The van der Waals surface area contributed by atoms with Gasteiger partial charge in [-0.2, -0.15) is 0 Å². The fraction of sp³-hybridized carbons (Fsp3) is 0.154. The maximum absolute atomic E-state index is 12.0. The lowest BCUT2D eigenvalue weighted by molar-refractivity contribution is -0.274. The average molecular weight is 284 g/mol. The standard InChI is InChI=1S/C13H11F3N2O2/c14-13(15,16)20-11-3-1-8(2-4-11)12-9(7-19)5-10(17)6-18-12/h1-6,19H,7,17H2. The first-order valence-corrected chi connectivity index (χ1v) is 5.60. The number of pyridine rings is 1. The van der Waals surface area contributed by atoms with E-state index in [1.165, 1.54) is 30.5 Å². The number of halogens is 3. The van der Waals surface area contributed by atoms with Crippen molar-refractivity contribution in [3.05, 3.63) is 42.1 Å². The van der Waals surface area contributed by atoms with Crippen molar-refractivity contribution >= 4 is 5.69 Å². The Morgan fingerprint density at radius 3 is 2.40 bits per heavy atom. The van der Waals surface area contributed by atoms with Crippen LogP contribution in [-0.4, -0.2) is 16.5 Å². The number of benzene rings is 1. The van der Waals surface area contributed by atoms with E-state index in [9.17, 15) is 18.3 Å². The molecule has 4 nitrogen and oxygen atoms in total. The van der Waals surface area contributed by atoms with Gasteiger partial charge in [0, 0.05) is 11.1 Å². The molecule has 0 saturated carbocycles. The molecule has 0 atom stereocenters. The quantitative estimate of drug-likeness (QED) is 0.909. The number of hydrogen-bond acceptors (Lipinski definition) is 4. The summed E-state index contributed by atoms with van der Waals surface area (Å²) >= 11 is 0. The summed E-state index contributed by atoms with van der Waals surface area (Å²) in [6.45, 7) is -0.270. The van der Waals surface area contributed by atoms with Gasteiger partial charge in [0.1, 0.15) is 5.75 Å². The predicted molar refractivity (Wildman–Crippen MR) is 66.7 cm³/mol. The van der Waals surface area contributed by atoms with Crippen LogP contribution >= 0.6 is 0 Å². The van der Waals surface area contributed by atoms with Crippen LogP contribution in [0.5, 0.6) is 5.75 Å². The number of anilines is 1. The van der Waals surface area contributed by atoms with Gasteiger partial charge in [0.05, 0.1) is 24.2 Å². The predicted octanol–water partition coefficient (Wildman–Crippen LogP) is 2.72. The van der Waals surface area contributed by atoms with E-state index < -0.39 is 6.36 Å². The Hall–Kier alpha value is -2.28. The topological polar surface area (TPSA) is 68.4 Å². The molecule has 20 heavy (non-hydrogen) atoms. The minimum absolute atomic E-state index is 0.270. The summed E-state index contributed by atoms with van der Waals surface area (Å²) in [7, 11) is 0. The Labute approximate surface area is 112 Å². The maximum Gasteiger partial charge on any atom is 0.573 e. The Balaban J connectivity index is 2.30. The monoisotopic (exact) mass is 284 g/mol. The summed E-state index contributed by atoms with van der Waals surface area (Å²) in [6, 6.07) is 6.78. The number of hydrogen-bond donors (Lipinski definition) is 2. The van der Waals surface area contributed by atoms with Gasteiger partial charge in [-0.25, -0.2) is 0 Å². The number of ether oxygens (including phenoxy) is 1. The van der Waals surface area contributed by atoms with E-state index in [2.05, 4.69) is 9.72 Å². The second-order valence-electron chi connectivity index (χ2n) is 4.01. The average Bonchev–Trinajstić information content (AvgIpc) is 2.38. The largest absolute Gasteiger partial charge is 0.573 e. The number of alkyl halides is 3. The Morgan fingerprint density at radius 2 is 1.85 bits per heavy atom. The van der Waals surface area contributed by atoms with Gasteiger partial charge < -0.3 is 15.6 Å². The van der Waals surface area contributed by atoms with Gasteiger partial charge >= 0.3 is 6.36 Å². The van der Waals surface area contributed by atoms with E-state index in [1.54, 1.807) is 6.07 Å². The zero-order valence-electron chi connectivity index (χ0n) is 10.2. The maximum atomic E-state index is 12.0. The van der Waals surface area contributed by atoms with Gasteiger partial charge in [0.25, 0.3) is 0 Å². The van der Waals surface area contributed by atoms with Crippen LogP contribution in [0.2, 0.25) is 0 Å². The molecule has 1 aromatic carbocycles. The first-order chi connectivity index (χ1) is 9.39. The van der Waals surface area contributed by atoms with Crippen LogP contribution in [0.4, 0.5) is 18.9 Å². The zero-order valence-corrected chi connectivity index (χ0v) is 10.2. The van der Waals surface area contributed by atoms with Crippen LogP contribution in [0.3, 0.4) is 0 Å². The van der Waals surface area contributed by atoms with E-state index in [4.69, 9.17) is 5.73 Å². The highest BCUT2D eigenvalue weighted by molar-refractivity contribution is 5.65. The number of nitrogen functional groups attached to an aromatic ring is 1. The fourth-order valence-electron chi connectivity index (χ4n) is 1.72. The highest BCUT2D eigenvalue weighted by atomic mass is 19.4. The number of aromatic nitrogens is 1. The van der Waals surface area contributed by atoms with Crippen molar-refractivity contribution in [2.75, 3.05) is 5.73 Å². The summed E-state index contributed by atoms with van der Waals surface area (Å²) in [6.07, 6.45) is -3.31. The molecule has 0 spiro atoms.